The van der Waals surface area contributed by atoms with Crippen LogP contribution in [0.3, 0.4) is 0 Å². The molecule has 0 unspecified atom stereocenters. The fourth-order valence-electron chi connectivity index (χ4n) is 1.65. The molecule has 5 heteroatoms. The second kappa shape index (κ2) is 5.83. The van der Waals surface area contributed by atoms with Gasteiger partial charge in [0.05, 0.1) is 18.8 Å². The topological polar surface area (TPSA) is 70.7 Å². The molecule has 2 aromatic heterocycles. The van der Waals surface area contributed by atoms with Gasteiger partial charge in [0.15, 0.2) is 0 Å². The second-order valence-electron chi connectivity index (χ2n) is 3.60. The molecule has 0 radical (unpaired) electrons. The smallest absolute Gasteiger partial charge is 0.354 e. The summed E-state index contributed by atoms with van der Waals surface area (Å²) in [5.74, 6) is 6.12. The number of fused-ring (bicyclic) bond motifs is 1. The molecular formula is C13H12O4S. The number of aliphatic hydroxyl groups excluding tert-OH is 2. The van der Waals surface area contributed by atoms with Crippen LogP contribution >= 0.6 is 11.3 Å². The van der Waals surface area contributed by atoms with E-state index in [1.165, 1.54) is 11.3 Å². The molecule has 18 heavy (non-hydrogen) atoms. The molecule has 0 fully saturated rings. The molecule has 0 spiro atoms. The fraction of sp³-hybridized carbons (Fsp3) is 0.308. The van der Waals surface area contributed by atoms with Crippen molar-refractivity contribution in [1.29, 1.82) is 0 Å². The van der Waals surface area contributed by atoms with Crippen molar-refractivity contribution in [2.45, 2.75) is 12.8 Å². The summed E-state index contributed by atoms with van der Waals surface area (Å²) in [7, 11) is 0. The molecule has 0 aliphatic carbocycles. The Morgan fingerprint density at radius 2 is 2.17 bits per heavy atom. The summed E-state index contributed by atoms with van der Waals surface area (Å²) in [5, 5.41) is 20.3. The Morgan fingerprint density at radius 1 is 1.33 bits per heavy atom. The molecule has 2 N–H and O–H groups in total. The van der Waals surface area contributed by atoms with Gasteiger partial charge in [0.2, 0.25) is 0 Å². The molecule has 2 rings (SSSR count). The third kappa shape index (κ3) is 2.46. The maximum atomic E-state index is 11.7. The van der Waals surface area contributed by atoms with Gasteiger partial charge in [0.25, 0.3) is 0 Å². The van der Waals surface area contributed by atoms with E-state index in [0.717, 1.165) is 5.39 Å². The molecule has 4 nitrogen and oxygen atoms in total. The van der Waals surface area contributed by atoms with E-state index in [1.807, 2.05) is 11.4 Å². The largest absolute Gasteiger partial charge is 0.425 e. The summed E-state index contributed by atoms with van der Waals surface area (Å²) in [6.07, 6.45) is 0.619. The maximum absolute atomic E-state index is 11.7. The lowest BCUT2D eigenvalue weighted by Gasteiger charge is -2.02. The van der Waals surface area contributed by atoms with E-state index in [0.29, 0.717) is 22.4 Å². The fourth-order valence-corrected chi connectivity index (χ4v) is 2.42. The van der Waals surface area contributed by atoms with E-state index in [-0.39, 0.29) is 19.6 Å². The first kappa shape index (κ1) is 12.8. The van der Waals surface area contributed by atoms with E-state index >= 15 is 0 Å². The van der Waals surface area contributed by atoms with E-state index in [4.69, 9.17) is 14.6 Å². The zero-order valence-corrected chi connectivity index (χ0v) is 10.4. The number of hydrogen-bond donors (Lipinski definition) is 2. The normalized spacial score (nSPS) is 10.3. The van der Waals surface area contributed by atoms with Gasteiger partial charge in [-0.1, -0.05) is 11.8 Å². The number of rotatable bonds is 3. The van der Waals surface area contributed by atoms with Gasteiger partial charge in [-0.3, -0.25) is 0 Å². The minimum absolute atomic E-state index is 0.00804. The van der Waals surface area contributed by atoms with Crippen LogP contribution in [0.2, 0.25) is 0 Å². The highest BCUT2D eigenvalue weighted by Gasteiger charge is 2.12. The van der Waals surface area contributed by atoms with Gasteiger partial charge in [-0.2, -0.15) is 0 Å². The van der Waals surface area contributed by atoms with Crippen molar-refractivity contribution in [3.05, 3.63) is 33.2 Å². The van der Waals surface area contributed by atoms with Crippen LogP contribution in [0.4, 0.5) is 0 Å². The van der Waals surface area contributed by atoms with Crippen molar-refractivity contribution in [2.24, 2.45) is 0 Å². The Morgan fingerprint density at radius 3 is 2.89 bits per heavy atom. The predicted octanol–water partition coefficient (Wildman–Crippen LogP) is 1.12. The highest BCUT2D eigenvalue weighted by molar-refractivity contribution is 7.17. The van der Waals surface area contributed by atoms with Crippen molar-refractivity contribution >= 4 is 21.4 Å². The first-order valence-corrected chi connectivity index (χ1v) is 6.39. The van der Waals surface area contributed by atoms with Crippen molar-refractivity contribution in [2.75, 3.05) is 13.2 Å². The highest BCUT2D eigenvalue weighted by atomic mass is 32.1. The van der Waals surface area contributed by atoms with Crippen LogP contribution in [-0.4, -0.2) is 23.4 Å². The van der Waals surface area contributed by atoms with Gasteiger partial charge < -0.3 is 14.6 Å². The zero-order chi connectivity index (χ0) is 13.0. The summed E-state index contributed by atoms with van der Waals surface area (Å²) in [5.41, 5.74) is 0.240. The van der Waals surface area contributed by atoms with Crippen LogP contribution in [0, 0.1) is 11.8 Å². The zero-order valence-electron chi connectivity index (χ0n) is 9.60. The SMILES string of the molecule is O=c1oc(CCO)c(C#CCCO)c2ccsc12. The average Bonchev–Trinajstić information content (AvgIpc) is 2.83. The van der Waals surface area contributed by atoms with Gasteiger partial charge in [0, 0.05) is 18.2 Å². The minimum atomic E-state index is -0.392. The van der Waals surface area contributed by atoms with Gasteiger partial charge in [-0.25, -0.2) is 4.79 Å². The van der Waals surface area contributed by atoms with E-state index in [1.54, 1.807) is 0 Å². The van der Waals surface area contributed by atoms with Crippen LogP contribution in [0.5, 0.6) is 0 Å². The van der Waals surface area contributed by atoms with Crippen LogP contribution in [-0.2, 0) is 6.42 Å². The van der Waals surface area contributed by atoms with Gasteiger partial charge in [-0.15, -0.1) is 11.3 Å². The second-order valence-corrected chi connectivity index (χ2v) is 4.52. The Balaban J connectivity index is 2.62. The maximum Gasteiger partial charge on any atom is 0.354 e. The lowest BCUT2D eigenvalue weighted by molar-refractivity contribution is 0.284. The lowest BCUT2D eigenvalue weighted by Crippen LogP contribution is -2.05. The molecule has 0 atom stereocenters. The van der Waals surface area contributed by atoms with E-state index in [2.05, 4.69) is 11.8 Å². The first-order valence-electron chi connectivity index (χ1n) is 5.51. The summed E-state index contributed by atoms with van der Waals surface area (Å²) in [4.78, 5) is 11.7. The standard InChI is InChI=1S/C13H12O4S/c14-6-2-1-3-9-10-5-8-18-12(10)13(16)17-11(9)4-7-15/h5,8,14-15H,2,4,6-7H2. The lowest BCUT2D eigenvalue weighted by atomic mass is 10.1. The first-order chi connectivity index (χ1) is 8.77. The van der Waals surface area contributed by atoms with Gasteiger partial charge >= 0.3 is 5.63 Å². The monoisotopic (exact) mass is 264 g/mol. The third-order valence-corrected chi connectivity index (χ3v) is 3.30. The number of thiophene rings is 1. The summed E-state index contributed by atoms with van der Waals surface area (Å²) >= 11 is 1.31. The van der Waals surface area contributed by atoms with Crippen LogP contribution in [0.25, 0.3) is 10.1 Å². The Bertz CT molecular complexity index is 657. The molecule has 2 aromatic rings. The van der Waals surface area contributed by atoms with Crippen molar-refractivity contribution in [1.82, 2.24) is 0 Å². The molecule has 0 amide bonds. The Hall–Kier alpha value is -1.61. The van der Waals surface area contributed by atoms with Crippen molar-refractivity contribution in [3.63, 3.8) is 0 Å². The molecular weight excluding hydrogens is 252 g/mol. The van der Waals surface area contributed by atoms with E-state index < -0.39 is 5.63 Å². The molecule has 94 valence electrons. The molecule has 0 saturated heterocycles. The van der Waals surface area contributed by atoms with Crippen molar-refractivity contribution < 1.29 is 14.6 Å². The van der Waals surface area contributed by atoms with Crippen LogP contribution in [0.15, 0.2) is 20.7 Å². The highest BCUT2D eigenvalue weighted by Crippen LogP contribution is 2.23. The van der Waals surface area contributed by atoms with E-state index in [9.17, 15) is 4.79 Å². The molecule has 2 heterocycles. The Labute approximate surface area is 107 Å². The van der Waals surface area contributed by atoms with Crippen LogP contribution < -0.4 is 5.63 Å². The minimum Gasteiger partial charge on any atom is -0.425 e. The Kier molecular flexibility index (Phi) is 4.15. The summed E-state index contributed by atoms with van der Waals surface area (Å²) in [6.45, 7) is -0.112. The molecule has 0 bridgehead atoms. The van der Waals surface area contributed by atoms with Gasteiger partial charge in [-0.05, 0) is 11.4 Å². The molecule has 0 saturated carbocycles. The summed E-state index contributed by atoms with van der Waals surface area (Å²) < 4.78 is 5.71. The number of hydrogen-bond acceptors (Lipinski definition) is 5. The quantitative estimate of drug-likeness (QED) is 0.815. The van der Waals surface area contributed by atoms with Gasteiger partial charge in [0.1, 0.15) is 10.5 Å². The molecule has 0 aromatic carbocycles. The van der Waals surface area contributed by atoms with Crippen LogP contribution in [0.1, 0.15) is 17.7 Å². The molecule has 0 aliphatic heterocycles. The third-order valence-electron chi connectivity index (χ3n) is 2.40. The van der Waals surface area contributed by atoms with Crippen molar-refractivity contribution in [3.8, 4) is 11.8 Å². The summed E-state index contributed by atoms with van der Waals surface area (Å²) in [6, 6.07) is 1.82. The predicted molar refractivity (Wildman–Crippen MR) is 69.7 cm³/mol. The average molecular weight is 264 g/mol. The molecule has 0 aliphatic rings. The number of aliphatic hydroxyl groups is 2.